The van der Waals surface area contributed by atoms with Gasteiger partial charge in [0.2, 0.25) is 6.79 Å². The SMILES string of the molecule is C#CC1C[C@H]2[C@@H]3CCC4=C/C(=N/NC(=O)Nc5ccccc5)CCC4=C3[C@@H](c3ccc4c(c3)OCO4)C[C@]2(C)[C@H]1O. The highest BCUT2D eigenvalue weighted by Crippen LogP contribution is 2.65. The summed E-state index contributed by atoms with van der Waals surface area (Å²) >= 11 is 0. The zero-order valence-electron chi connectivity index (χ0n) is 23.2. The summed E-state index contributed by atoms with van der Waals surface area (Å²) < 4.78 is 11.4. The van der Waals surface area contributed by atoms with Gasteiger partial charge in [0.05, 0.1) is 11.8 Å². The van der Waals surface area contributed by atoms with E-state index in [9.17, 15) is 9.90 Å². The van der Waals surface area contributed by atoms with Gasteiger partial charge in [0.15, 0.2) is 11.5 Å². The first-order valence-electron chi connectivity index (χ1n) is 14.6. The van der Waals surface area contributed by atoms with Gasteiger partial charge in [0, 0.05) is 17.5 Å². The Hall–Kier alpha value is -4.02. The number of ether oxygens (including phenoxy) is 2. The van der Waals surface area contributed by atoms with E-state index in [1.165, 1.54) is 22.3 Å². The van der Waals surface area contributed by atoms with E-state index in [0.717, 1.165) is 61.4 Å². The number of hydrazone groups is 1. The first-order chi connectivity index (χ1) is 19.9. The van der Waals surface area contributed by atoms with E-state index in [1.54, 1.807) is 0 Å². The molecule has 7 heteroatoms. The number of allylic oxidation sites excluding steroid dienone is 4. The summed E-state index contributed by atoms with van der Waals surface area (Å²) in [6, 6.07) is 15.3. The minimum Gasteiger partial charge on any atom is -0.454 e. The second-order valence-corrected chi connectivity index (χ2v) is 12.2. The average molecular weight is 550 g/mol. The van der Waals surface area contributed by atoms with Gasteiger partial charge in [-0.3, -0.25) is 0 Å². The minimum absolute atomic E-state index is 0.109. The average Bonchev–Trinajstić information content (AvgIpc) is 3.57. The number of carbonyl (C=O) groups excluding carboxylic acids is 1. The molecule has 1 unspecified atom stereocenters. The Morgan fingerprint density at radius 2 is 1.95 bits per heavy atom. The number of nitrogens with one attached hydrogen (secondary N) is 2. The van der Waals surface area contributed by atoms with Crippen molar-refractivity contribution >= 4 is 17.4 Å². The molecule has 0 aromatic heterocycles. The molecule has 0 bridgehead atoms. The molecular weight excluding hydrogens is 514 g/mol. The molecule has 5 aliphatic rings. The van der Waals surface area contributed by atoms with E-state index in [0.29, 0.717) is 11.8 Å². The van der Waals surface area contributed by atoms with Crippen molar-refractivity contribution in [3.8, 4) is 23.8 Å². The first-order valence-corrected chi connectivity index (χ1v) is 14.6. The standard InChI is InChI=1S/C34H35N3O4/c1-3-20-16-28-26-12-9-21-15-24(36-37-33(39)35-23-7-5-4-6-8-23)11-13-25(21)31(26)27(18-34(28,2)32(20)38)22-10-14-29-30(17-22)41-19-40-29/h1,4-8,10,14-15,17,20,26-28,32,38H,9,11-13,16,18-19H2,2H3,(H2,35,37,39)/b36-24+/t20?,26-,27+,28-,32-,34-/m0/s1. The van der Waals surface area contributed by atoms with Gasteiger partial charge in [-0.05, 0) is 103 Å². The van der Waals surface area contributed by atoms with Gasteiger partial charge in [0.1, 0.15) is 0 Å². The van der Waals surface area contributed by atoms with Crippen molar-refractivity contribution in [2.24, 2.45) is 28.3 Å². The fourth-order valence-electron chi connectivity index (χ4n) is 8.18. The fourth-order valence-corrected chi connectivity index (χ4v) is 8.18. The van der Waals surface area contributed by atoms with Crippen LogP contribution in [0.1, 0.15) is 56.9 Å². The molecule has 0 spiro atoms. The number of carbonyl (C=O) groups is 1. The zero-order valence-corrected chi connectivity index (χ0v) is 23.2. The monoisotopic (exact) mass is 549 g/mol. The number of para-hydroxylation sites is 1. The summed E-state index contributed by atoms with van der Waals surface area (Å²) in [5.74, 6) is 5.26. The topological polar surface area (TPSA) is 92.2 Å². The molecule has 210 valence electrons. The summed E-state index contributed by atoms with van der Waals surface area (Å²) in [6.45, 7) is 2.50. The second kappa shape index (κ2) is 10.1. The number of hydrogen-bond acceptors (Lipinski definition) is 5. The maximum atomic E-state index is 12.4. The zero-order chi connectivity index (χ0) is 28.1. The molecule has 1 aliphatic heterocycles. The fraction of sp³-hybridized carbons (Fsp3) is 0.412. The lowest BCUT2D eigenvalue weighted by molar-refractivity contribution is -0.0101. The number of aliphatic hydroxyl groups excluding tert-OH is 1. The van der Waals surface area contributed by atoms with Gasteiger partial charge in [-0.25, -0.2) is 10.2 Å². The van der Waals surface area contributed by atoms with Crippen LogP contribution in [0.5, 0.6) is 11.5 Å². The Bertz CT molecular complexity index is 1520. The lowest BCUT2D eigenvalue weighted by Gasteiger charge is -2.52. The molecule has 2 aromatic carbocycles. The van der Waals surface area contributed by atoms with Crippen LogP contribution in [0.4, 0.5) is 10.5 Å². The van der Waals surface area contributed by atoms with Crippen LogP contribution in [0, 0.1) is 35.5 Å². The number of fused-ring (bicyclic) bond motifs is 5. The van der Waals surface area contributed by atoms with Crippen molar-refractivity contribution in [3.63, 3.8) is 0 Å². The quantitative estimate of drug-likeness (QED) is 0.317. The van der Waals surface area contributed by atoms with Crippen LogP contribution in [0.3, 0.4) is 0 Å². The largest absolute Gasteiger partial charge is 0.454 e. The Morgan fingerprint density at radius 1 is 1.12 bits per heavy atom. The molecule has 2 aromatic rings. The number of hydrogen-bond donors (Lipinski definition) is 3. The Labute approximate surface area is 240 Å². The second-order valence-electron chi connectivity index (χ2n) is 12.2. The molecule has 1 heterocycles. The van der Waals surface area contributed by atoms with Crippen molar-refractivity contribution in [1.82, 2.24) is 5.43 Å². The number of benzene rings is 2. The van der Waals surface area contributed by atoms with Crippen molar-refractivity contribution in [1.29, 1.82) is 0 Å². The van der Waals surface area contributed by atoms with Crippen LogP contribution in [0.25, 0.3) is 0 Å². The van der Waals surface area contributed by atoms with E-state index in [1.807, 2.05) is 36.4 Å². The van der Waals surface area contributed by atoms with E-state index >= 15 is 0 Å². The van der Waals surface area contributed by atoms with Gasteiger partial charge in [0.25, 0.3) is 0 Å². The van der Waals surface area contributed by atoms with Crippen LogP contribution in [-0.4, -0.2) is 29.7 Å². The summed E-state index contributed by atoms with van der Waals surface area (Å²) in [4.78, 5) is 12.4. The number of amides is 2. The lowest BCUT2D eigenvalue weighted by Crippen LogP contribution is -2.45. The number of nitrogens with zero attached hydrogens (tertiary/aromatic N) is 1. The maximum absolute atomic E-state index is 12.4. The predicted molar refractivity (Wildman–Crippen MR) is 158 cm³/mol. The van der Waals surface area contributed by atoms with E-state index in [2.05, 4.69) is 46.9 Å². The number of rotatable bonds is 3. The van der Waals surface area contributed by atoms with Crippen LogP contribution in [0.15, 0.2) is 76.4 Å². The molecule has 6 atom stereocenters. The Morgan fingerprint density at radius 3 is 2.78 bits per heavy atom. The van der Waals surface area contributed by atoms with Crippen LogP contribution in [-0.2, 0) is 0 Å². The third-order valence-corrected chi connectivity index (χ3v) is 10.1. The predicted octanol–water partition coefficient (Wildman–Crippen LogP) is 6.14. The molecule has 2 saturated carbocycles. The van der Waals surface area contributed by atoms with Crippen LogP contribution >= 0.6 is 0 Å². The highest BCUT2D eigenvalue weighted by Gasteiger charge is 2.59. The number of urea groups is 1. The summed E-state index contributed by atoms with van der Waals surface area (Å²) in [5, 5.41) is 18.7. The van der Waals surface area contributed by atoms with E-state index in [-0.39, 0.29) is 30.1 Å². The van der Waals surface area contributed by atoms with Gasteiger partial charge in [-0.15, -0.1) is 12.3 Å². The Balaban J connectivity index is 1.22. The third kappa shape index (κ3) is 4.42. The van der Waals surface area contributed by atoms with Crippen LogP contribution in [0.2, 0.25) is 0 Å². The van der Waals surface area contributed by atoms with E-state index in [4.69, 9.17) is 15.9 Å². The first kappa shape index (κ1) is 25.9. The molecule has 3 N–H and O–H groups in total. The molecule has 4 aliphatic carbocycles. The number of terminal acetylenes is 1. The molecule has 41 heavy (non-hydrogen) atoms. The lowest BCUT2D eigenvalue weighted by atomic mass is 9.53. The number of aliphatic hydroxyl groups is 1. The Kier molecular flexibility index (Phi) is 6.39. The summed E-state index contributed by atoms with van der Waals surface area (Å²) in [5.41, 5.74) is 9.48. The van der Waals surface area contributed by atoms with Gasteiger partial charge in [-0.1, -0.05) is 36.8 Å². The van der Waals surface area contributed by atoms with Crippen molar-refractivity contribution in [2.75, 3.05) is 12.1 Å². The molecule has 0 saturated heterocycles. The van der Waals surface area contributed by atoms with Gasteiger partial charge < -0.3 is 19.9 Å². The molecule has 7 nitrogen and oxygen atoms in total. The van der Waals surface area contributed by atoms with Crippen molar-refractivity contribution in [2.45, 2.75) is 57.5 Å². The molecular formula is C34H35N3O4. The molecule has 2 amide bonds. The highest BCUT2D eigenvalue weighted by atomic mass is 16.7. The smallest absolute Gasteiger partial charge is 0.339 e. The number of anilines is 1. The van der Waals surface area contributed by atoms with Crippen molar-refractivity contribution in [3.05, 3.63) is 76.9 Å². The van der Waals surface area contributed by atoms with E-state index < -0.39 is 6.10 Å². The third-order valence-electron chi connectivity index (χ3n) is 10.1. The summed E-state index contributed by atoms with van der Waals surface area (Å²) in [6.07, 6.45) is 12.9. The minimum atomic E-state index is -0.504. The van der Waals surface area contributed by atoms with Gasteiger partial charge in [-0.2, -0.15) is 5.10 Å². The molecule has 7 rings (SSSR count). The normalized spacial score (nSPS) is 32.4. The van der Waals surface area contributed by atoms with Crippen LogP contribution < -0.4 is 20.2 Å². The summed E-state index contributed by atoms with van der Waals surface area (Å²) in [7, 11) is 0. The molecule has 0 radical (unpaired) electrons. The maximum Gasteiger partial charge on any atom is 0.339 e. The van der Waals surface area contributed by atoms with Gasteiger partial charge >= 0.3 is 6.03 Å². The highest BCUT2D eigenvalue weighted by molar-refractivity contribution is 5.99. The molecule has 2 fully saturated rings. The van der Waals surface area contributed by atoms with Crippen molar-refractivity contribution < 1.29 is 19.4 Å².